The lowest BCUT2D eigenvalue weighted by Crippen LogP contribution is -2.38. The Hall–Kier alpha value is -2.69. The van der Waals surface area contributed by atoms with Crippen LogP contribution in [0.15, 0.2) is 48.7 Å². The number of fused-ring (bicyclic) bond motifs is 1. The molecular weight excluding hydrogens is 524 g/mol. The second-order valence-electron chi connectivity index (χ2n) is 9.89. The van der Waals surface area contributed by atoms with E-state index in [4.69, 9.17) is 25.8 Å². The zero-order valence-corrected chi connectivity index (χ0v) is 22.7. The molecule has 1 aliphatic carbocycles. The van der Waals surface area contributed by atoms with Gasteiger partial charge in [-0.05, 0) is 61.7 Å². The first kappa shape index (κ1) is 25.6. The molecule has 3 aliphatic rings. The summed E-state index contributed by atoms with van der Waals surface area (Å²) in [5, 5.41) is 8.05. The number of amides is 1. The smallest absolute Gasteiger partial charge is 0.236 e. The molecule has 10 heteroatoms. The topological polar surface area (TPSA) is 85.0 Å². The van der Waals surface area contributed by atoms with Crippen LogP contribution in [0.3, 0.4) is 0 Å². The van der Waals surface area contributed by atoms with Crippen LogP contribution >= 0.6 is 22.9 Å². The minimum absolute atomic E-state index is 0.0370. The highest BCUT2D eigenvalue weighted by Gasteiger charge is 2.52. The molecule has 3 heterocycles. The minimum atomic E-state index is -0.549. The lowest BCUT2D eigenvalue weighted by Gasteiger charge is -2.27. The molecule has 1 aromatic heterocycles. The van der Waals surface area contributed by atoms with Crippen molar-refractivity contribution in [1.29, 1.82) is 0 Å². The molecule has 2 N–H and O–H groups in total. The van der Waals surface area contributed by atoms with Gasteiger partial charge in [0.15, 0.2) is 16.6 Å². The number of benzene rings is 2. The minimum Gasteiger partial charge on any atom is -0.454 e. The summed E-state index contributed by atoms with van der Waals surface area (Å²) in [6.07, 6.45) is 4.44. The maximum atomic E-state index is 13.4. The standard InChI is InChI=1S/C28H31ClN4O4S/c29-21-5-2-1-4-20(21)25(30-10-3-11-33-12-14-35-15-13-33)24-17-31-27(38-24)32-26(34)28(8-9-28)19-6-7-22-23(16-19)37-18-36-22/h1-2,4-7,16-17,25,30H,3,8-15,18H2,(H,31,32,34). The molecule has 3 aromatic rings. The zero-order chi connectivity index (χ0) is 26.0. The van der Waals surface area contributed by atoms with Crippen molar-refractivity contribution in [2.24, 2.45) is 0 Å². The van der Waals surface area contributed by atoms with Crippen molar-refractivity contribution in [3.05, 3.63) is 69.7 Å². The van der Waals surface area contributed by atoms with E-state index in [1.807, 2.05) is 48.7 Å². The van der Waals surface area contributed by atoms with Crippen LogP contribution in [0, 0.1) is 0 Å². The summed E-state index contributed by atoms with van der Waals surface area (Å²) in [5.74, 6) is 1.38. The van der Waals surface area contributed by atoms with Gasteiger partial charge in [0.05, 0.1) is 24.7 Å². The van der Waals surface area contributed by atoms with Gasteiger partial charge in [0, 0.05) is 29.2 Å². The van der Waals surface area contributed by atoms with Crippen molar-refractivity contribution in [3.8, 4) is 11.5 Å². The molecule has 0 spiro atoms. The Morgan fingerprint density at radius 2 is 1.95 bits per heavy atom. The Labute approximate surface area is 231 Å². The third kappa shape index (κ3) is 5.39. The lowest BCUT2D eigenvalue weighted by atomic mass is 9.94. The van der Waals surface area contributed by atoms with Crippen LogP contribution in [0.2, 0.25) is 5.02 Å². The number of thiazole rings is 1. The highest BCUT2D eigenvalue weighted by Crippen LogP contribution is 2.51. The van der Waals surface area contributed by atoms with Crippen LogP contribution in [-0.4, -0.2) is 62.0 Å². The Kier molecular flexibility index (Phi) is 7.54. The molecule has 1 unspecified atom stereocenters. The van der Waals surface area contributed by atoms with Crippen molar-refractivity contribution in [1.82, 2.24) is 15.2 Å². The molecule has 1 amide bonds. The van der Waals surface area contributed by atoms with Gasteiger partial charge in [0.1, 0.15) is 0 Å². The number of carbonyl (C=O) groups excluding carboxylic acids is 1. The van der Waals surface area contributed by atoms with Crippen molar-refractivity contribution in [2.75, 3.05) is 51.5 Å². The Morgan fingerprint density at radius 3 is 2.76 bits per heavy atom. The molecule has 2 fully saturated rings. The molecule has 0 radical (unpaired) electrons. The average Bonchev–Trinajstić information content (AvgIpc) is 3.40. The third-order valence-electron chi connectivity index (χ3n) is 7.46. The molecule has 1 saturated carbocycles. The molecule has 2 aliphatic heterocycles. The number of carbonyl (C=O) groups is 1. The number of nitrogens with one attached hydrogen (secondary N) is 2. The Morgan fingerprint density at radius 1 is 1.13 bits per heavy atom. The predicted octanol–water partition coefficient (Wildman–Crippen LogP) is 4.60. The molecular formula is C28H31ClN4O4S. The van der Waals surface area contributed by atoms with Gasteiger partial charge in [-0.25, -0.2) is 4.98 Å². The number of hydrogen-bond donors (Lipinski definition) is 2. The third-order valence-corrected chi connectivity index (χ3v) is 8.78. The van der Waals surface area contributed by atoms with E-state index >= 15 is 0 Å². The van der Waals surface area contributed by atoms with E-state index in [1.165, 1.54) is 11.3 Å². The van der Waals surface area contributed by atoms with Crippen molar-refractivity contribution < 1.29 is 19.0 Å². The number of nitrogens with zero attached hydrogens (tertiary/aromatic N) is 2. The molecule has 38 heavy (non-hydrogen) atoms. The van der Waals surface area contributed by atoms with Crippen molar-refractivity contribution >= 4 is 34.0 Å². The number of rotatable bonds is 10. The molecule has 2 aromatic carbocycles. The van der Waals surface area contributed by atoms with Gasteiger partial charge in [0.25, 0.3) is 0 Å². The van der Waals surface area contributed by atoms with Crippen molar-refractivity contribution in [3.63, 3.8) is 0 Å². The van der Waals surface area contributed by atoms with E-state index in [0.29, 0.717) is 15.9 Å². The summed E-state index contributed by atoms with van der Waals surface area (Å²) in [7, 11) is 0. The number of aromatic nitrogens is 1. The second-order valence-corrected chi connectivity index (χ2v) is 11.4. The molecule has 200 valence electrons. The number of anilines is 1. The predicted molar refractivity (Wildman–Crippen MR) is 147 cm³/mol. The van der Waals surface area contributed by atoms with Crippen LogP contribution in [0.25, 0.3) is 0 Å². The Balaban J connectivity index is 1.14. The van der Waals surface area contributed by atoms with Crippen LogP contribution in [0.4, 0.5) is 5.13 Å². The SMILES string of the molecule is O=C(Nc1ncc(C(NCCCN2CCOCC2)c2ccccc2Cl)s1)C1(c2ccc3c(c2)OCO3)CC1. The van der Waals surface area contributed by atoms with E-state index < -0.39 is 5.41 Å². The van der Waals surface area contributed by atoms with Gasteiger partial charge in [-0.3, -0.25) is 9.69 Å². The fourth-order valence-corrected chi connectivity index (χ4v) is 6.26. The summed E-state index contributed by atoms with van der Waals surface area (Å²) in [6.45, 7) is 5.66. The van der Waals surface area contributed by atoms with Gasteiger partial charge in [0.2, 0.25) is 12.7 Å². The van der Waals surface area contributed by atoms with E-state index in [1.54, 1.807) is 0 Å². The summed E-state index contributed by atoms with van der Waals surface area (Å²) in [6, 6.07) is 13.5. The van der Waals surface area contributed by atoms with Gasteiger partial charge >= 0.3 is 0 Å². The fraction of sp³-hybridized carbons (Fsp3) is 0.429. The summed E-state index contributed by atoms with van der Waals surface area (Å²) < 4.78 is 16.4. The van der Waals surface area contributed by atoms with Crippen molar-refractivity contribution in [2.45, 2.75) is 30.7 Å². The molecule has 6 rings (SSSR count). The highest BCUT2D eigenvalue weighted by molar-refractivity contribution is 7.15. The molecule has 0 bridgehead atoms. The maximum Gasteiger partial charge on any atom is 0.236 e. The van der Waals surface area contributed by atoms with Gasteiger partial charge in [-0.2, -0.15) is 0 Å². The normalized spacial score (nSPS) is 18.8. The van der Waals surface area contributed by atoms with Crippen LogP contribution in [-0.2, 0) is 14.9 Å². The van der Waals surface area contributed by atoms with Gasteiger partial charge < -0.3 is 24.8 Å². The molecule has 1 saturated heterocycles. The monoisotopic (exact) mass is 554 g/mol. The summed E-state index contributed by atoms with van der Waals surface area (Å²) in [4.78, 5) is 21.4. The number of morpholine rings is 1. The molecule has 1 atom stereocenters. The summed E-state index contributed by atoms with van der Waals surface area (Å²) in [5.41, 5.74) is 1.40. The van der Waals surface area contributed by atoms with Crippen LogP contribution in [0.1, 0.15) is 41.3 Å². The van der Waals surface area contributed by atoms with Gasteiger partial charge in [-0.1, -0.05) is 47.2 Å². The quantitative estimate of drug-likeness (QED) is 0.354. The average molecular weight is 555 g/mol. The largest absolute Gasteiger partial charge is 0.454 e. The first-order valence-electron chi connectivity index (χ1n) is 13.1. The number of ether oxygens (including phenoxy) is 3. The van der Waals surface area contributed by atoms with E-state index in [-0.39, 0.29) is 18.7 Å². The molecule has 8 nitrogen and oxygen atoms in total. The Bertz CT molecular complexity index is 1290. The fourth-order valence-electron chi connectivity index (χ4n) is 5.11. The summed E-state index contributed by atoms with van der Waals surface area (Å²) >= 11 is 8.09. The number of hydrogen-bond acceptors (Lipinski definition) is 8. The second kappa shape index (κ2) is 11.2. The van der Waals surface area contributed by atoms with Gasteiger partial charge in [-0.15, -0.1) is 0 Å². The van der Waals surface area contributed by atoms with E-state index in [9.17, 15) is 4.79 Å². The first-order chi connectivity index (χ1) is 18.6. The van der Waals surface area contributed by atoms with Crippen LogP contribution < -0.4 is 20.1 Å². The highest BCUT2D eigenvalue weighted by atomic mass is 35.5. The van der Waals surface area contributed by atoms with E-state index in [2.05, 4.69) is 20.5 Å². The maximum absolute atomic E-state index is 13.4. The van der Waals surface area contributed by atoms with E-state index in [0.717, 1.165) is 80.4 Å². The zero-order valence-electron chi connectivity index (χ0n) is 21.1. The number of halogens is 1. The lowest BCUT2D eigenvalue weighted by molar-refractivity contribution is -0.118. The first-order valence-corrected chi connectivity index (χ1v) is 14.3. The van der Waals surface area contributed by atoms with Crippen LogP contribution in [0.5, 0.6) is 11.5 Å².